The van der Waals surface area contributed by atoms with Crippen molar-refractivity contribution >= 4 is 33.9 Å². The summed E-state index contributed by atoms with van der Waals surface area (Å²) < 4.78 is 5.20. The summed E-state index contributed by atoms with van der Waals surface area (Å²) in [7, 11) is 1.63. The lowest BCUT2D eigenvalue weighted by Gasteiger charge is -2.01. The number of Topliss-reactive ketones (excluding diaryl/α,β-unsaturated/α-hetero) is 1. The van der Waals surface area contributed by atoms with E-state index in [9.17, 15) is 9.59 Å². The molecule has 1 amide bonds. The Morgan fingerprint density at radius 1 is 1.17 bits per heavy atom. The minimum absolute atomic E-state index is 0.0291. The minimum Gasteiger partial charge on any atom is -0.497 e. The van der Waals surface area contributed by atoms with Gasteiger partial charge in [-0.15, -0.1) is 11.3 Å². The molecule has 0 saturated carbocycles. The quantitative estimate of drug-likeness (QED) is 0.705. The number of rotatable bonds is 5. The summed E-state index contributed by atoms with van der Waals surface area (Å²) in [6.45, 7) is 1.88. The first-order valence-electron chi connectivity index (χ1n) is 7.11. The predicted octanol–water partition coefficient (Wildman–Crippen LogP) is 3.37. The molecule has 0 aliphatic heterocycles. The fraction of sp³-hybridized carbons (Fsp3) is 0.176. The van der Waals surface area contributed by atoms with Crippen molar-refractivity contribution in [3.8, 4) is 5.75 Å². The van der Waals surface area contributed by atoms with Crippen LogP contribution in [0.15, 0.2) is 36.4 Å². The highest BCUT2D eigenvalue weighted by Crippen LogP contribution is 2.21. The monoisotopic (exact) mass is 328 g/mol. The standard InChI is InChI=1S/C17H16N2O3S/c1-10(20)15-5-6-16(23-15)17(21)18-9-12-7-11-8-13(22-2)3-4-14(11)19-12/h3-8,19H,9H2,1-2H3,(H,18,21). The number of H-pyrrole nitrogens is 1. The molecule has 1 aromatic carbocycles. The second kappa shape index (κ2) is 6.26. The van der Waals surface area contributed by atoms with Gasteiger partial charge >= 0.3 is 0 Å². The van der Waals surface area contributed by atoms with E-state index in [1.54, 1.807) is 19.2 Å². The molecule has 0 bridgehead atoms. The van der Waals surface area contributed by atoms with E-state index in [0.717, 1.165) is 22.3 Å². The minimum atomic E-state index is -0.182. The van der Waals surface area contributed by atoms with Crippen LogP contribution in [0.2, 0.25) is 0 Å². The third-order valence-corrected chi connectivity index (χ3v) is 4.68. The SMILES string of the molecule is COc1ccc2[nH]c(CNC(=O)c3ccc(C(C)=O)s3)cc2c1. The molecule has 2 heterocycles. The summed E-state index contributed by atoms with van der Waals surface area (Å²) in [5.41, 5.74) is 1.90. The number of carbonyl (C=O) groups is 2. The lowest BCUT2D eigenvalue weighted by Crippen LogP contribution is -2.21. The molecule has 6 heteroatoms. The van der Waals surface area contributed by atoms with Crippen molar-refractivity contribution in [2.24, 2.45) is 0 Å². The van der Waals surface area contributed by atoms with E-state index in [1.807, 2.05) is 24.3 Å². The molecule has 3 aromatic rings. The Hall–Kier alpha value is -2.60. The van der Waals surface area contributed by atoms with Gasteiger partial charge in [-0.3, -0.25) is 9.59 Å². The third-order valence-electron chi connectivity index (χ3n) is 3.50. The zero-order chi connectivity index (χ0) is 16.4. The average molecular weight is 328 g/mol. The molecular formula is C17H16N2O3S. The number of benzene rings is 1. The Bertz CT molecular complexity index is 879. The van der Waals surface area contributed by atoms with Crippen LogP contribution in [-0.2, 0) is 6.54 Å². The molecule has 0 radical (unpaired) electrons. The Kier molecular flexibility index (Phi) is 4.16. The highest BCUT2D eigenvalue weighted by Gasteiger charge is 2.11. The molecule has 3 rings (SSSR count). The zero-order valence-corrected chi connectivity index (χ0v) is 13.6. The van der Waals surface area contributed by atoms with Gasteiger partial charge in [0.05, 0.1) is 23.4 Å². The van der Waals surface area contributed by atoms with Gasteiger partial charge in [-0.1, -0.05) is 0 Å². The number of aromatic amines is 1. The van der Waals surface area contributed by atoms with Crippen LogP contribution in [-0.4, -0.2) is 23.8 Å². The van der Waals surface area contributed by atoms with Gasteiger partial charge in [-0.25, -0.2) is 0 Å². The van der Waals surface area contributed by atoms with Crippen LogP contribution < -0.4 is 10.1 Å². The van der Waals surface area contributed by atoms with Crippen LogP contribution >= 0.6 is 11.3 Å². The maximum Gasteiger partial charge on any atom is 0.261 e. The Morgan fingerprint density at radius 2 is 1.96 bits per heavy atom. The zero-order valence-electron chi connectivity index (χ0n) is 12.8. The highest BCUT2D eigenvalue weighted by molar-refractivity contribution is 7.15. The molecule has 0 aliphatic carbocycles. The van der Waals surface area contributed by atoms with E-state index < -0.39 is 0 Å². The summed E-state index contributed by atoms with van der Waals surface area (Å²) >= 11 is 1.21. The second-order valence-electron chi connectivity index (χ2n) is 5.15. The van der Waals surface area contributed by atoms with Crippen molar-refractivity contribution < 1.29 is 14.3 Å². The molecule has 0 atom stereocenters. The number of aromatic nitrogens is 1. The summed E-state index contributed by atoms with van der Waals surface area (Å²) in [6, 6.07) is 11.1. The molecule has 0 unspecified atom stereocenters. The van der Waals surface area contributed by atoms with Crippen molar-refractivity contribution in [1.29, 1.82) is 0 Å². The van der Waals surface area contributed by atoms with Gasteiger partial charge in [0.2, 0.25) is 0 Å². The fourth-order valence-corrected chi connectivity index (χ4v) is 3.12. The summed E-state index contributed by atoms with van der Waals surface area (Å²) in [4.78, 5) is 27.8. The number of amides is 1. The van der Waals surface area contributed by atoms with Gasteiger partial charge < -0.3 is 15.0 Å². The van der Waals surface area contributed by atoms with E-state index in [1.165, 1.54) is 18.3 Å². The van der Waals surface area contributed by atoms with Gasteiger partial charge in [-0.2, -0.15) is 0 Å². The lowest BCUT2D eigenvalue weighted by atomic mass is 10.2. The first-order valence-corrected chi connectivity index (χ1v) is 7.93. The van der Waals surface area contributed by atoms with E-state index in [4.69, 9.17) is 4.74 Å². The van der Waals surface area contributed by atoms with Gasteiger partial charge in [0.15, 0.2) is 5.78 Å². The number of carbonyl (C=O) groups excluding carboxylic acids is 2. The van der Waals surface area contributed by atoms with Gasteiger partial charge in [0.25, 0.3) is 5.91 Å². The largest absolute Gasteiger partial charge is 0.497 e. The van der Waals surface area contributed by atoms with Crippen molar-refractivity contribution in [2.75, 3.05) is 7.11 Å². The van der Waals surface area contributed by atoms with Crippen molar-refractivity contribution in [3.05, 3.63) is 51.8 Å². The highest BCUT2D eigenvalue weighted by atomic mass is 32.1. The van der Waals surface area contributed by atoms with Crippen LogP contribution in [0.4, 0.5) is 0 Å². The smallest absolute Gasteiger partial charge is 0.261 e. The number of nitrogens with one attached hydrogen (secondary N) is 2. The van der Waals surface area contributed by atoms with E-state index >= 15 is 0 Å². The third kappa shape index (κ3) is 3.27. The van der Waals surface area contributed by atoms with E-state index in [-0.39, 0.29) is 11.7 Å². The maximum atomic E-state index is 12.1. The van der Waals surface area contributed by atoms with Gasteiger partial charge in [0, 0.05) is 16.6 Å². The number of hydrogen-bond donors (Lipinski definition) is 2. The molecule has 0 aliphatic rings. The lowest BCUT2D eigenvalue weighted by molar-refractivity contribution is 0.0954. The van der Waals surface area contributed by atoms with Crippen molar-refractivity contribution in [2.45, 2.75) is 13.5 Å². The Labute approximate surface area is 137 Å². The number of methoxy groups -OCH3 is 1. The molecule has 118 valence electrons. The summed E-state index contributed by atoms with van der Waals surface area (Å²) in [5.74, 6) is 0.583. The molecule has 0 saturated heterocycles. The molecule has 0 spiro atoms. The number of hydrogen-bond acceptors (Lipinski definition) is 4. The molecule has 5 nitrogen and oxygen atoms in total. The van der Waals surface area contributed by atoms with Gasteiger partial charge in [0.1, 0.15) is 5.75 Å². The average Bonchev–Trinajstić information content (AvgIpc) is 3.18. The second-order valence-corrected chi connectivity index (χ2v) is 6.23. The molecule has 23 heavy (non-hydrogen) atoms. The van der Waals surface area contributed by atoms with Crippen molar-refractivity contribution in [1.82, 2.24) is 10.3 Å². The molecule has 0 fully saturated rings. The first-order chi connectivity index (χ1) is 11.1. The topological polar surface area (TPSA) is 71.2 Å². The Morgan fingerprint density at radius 3 is 2.65 bits per heavy atom. The van der Waals surface area contributed by atoms with Gasteiger partial charge in [-0.05, 0) is 43.3 Å². The first kappa shape index (κ1) is 15.3. The normalized spacial score (nSPS) is 10.7. The number of fused-ring (bicyclic) bond motifs is 1. The Balaban J connectivity index is 1.69. The molecule has 2 aromatic heterocycles. The number of thiophene rings is 1. The maximum absolute atomic E-state index is 12.1. The summed E-state index contributed by atoms with van der Waals surface area (Å²) in [6.07, 6.45) is 0. The fourth-order valence-electron chi connectivity index (χ4n) is 2.30. The van der Waals surface area contributed by atoms with Crippen LogP contribution in [0, 0.1) is 0 Å². The number of ether oxygens (including phenoxy) is 1. The molecule has 2 N–H and O–H groups in total. The van der Waals surface area contributed by atoms with Crippen molar-refractivity contribution in [3.63, 3.8) is 0 Å². The van der Waals surface area contributed by atoms with E-state index in [2.05, 4.69) is 10.3 Å². The summed E-state index contributed by atoms with van der Waals surface area (Å²) in [5, 5.41) is 3.89. The predicted molar refractivity (Wildman–Crippen MR) is 90.3 cm³/mol. The van der Waals surface area contributed by atoms with Crippen LogP contribution in [0.5, 0.6) is 5.75 Å². The van der Waals surface area contributed by atoms with E-state index in [0.29, 0.717) is 16.3 Å². The van der Waals surface area contributed by atoms with Crippen LogP contribution in [0.25, 0.3) is 10.9 Å². The number of ketones is 1. The van der Waals surface area contributed by atoms with Crippen LogP contribution in [0.1, 0.15) is 32.0 Å². The van der Waals surface area contributed by atoms with Crippen LogP contribution in [0.3, 0.4) is 0 Å². The molecular weight excluding hydrogens is 312 g/mol.